The Morgan fingerprint density at radius 3 is 0.865 bits per heavy atom. The van der Waals surface area contributed by atoms with Gasteiger partial charge in [-0.3, -0.25) is 14.4 Å². The van der Waals surface area contributed by atoms with E-state index in [1.165, 1.54) is 57.8 Å². The van der Waals surface area contributed by atoms with E-state index < -0.39 is 6.10 Å². The highest BCUT2D eigenvalue weighted by Crippen LogP contribution is 2.13. The average molecular weight is 1020 g/mol. The molecule has 0 aromatic heterocycles. The number of hydrogen-bond acceptors (Lipinski definition) is 6. The zero-order valence-electron chi connectivity index (χ0n) is 47.5. The second kappa shape index (κ2) is 60.8. The molecule has 0 amide bonds. The summed E-state index contributed by atoms with van der Waals surface area (Å²) in [6.07, 6.45) is 87.1. The maximum Gasteiger partial charge on any atom is 0.306 e. The molecule has 0 bridgehead atoms. The van der Waals surface area contributed by atoms with Gasteiger partial charge in [0.2, 0.25) is 0 Å². The molecule has 0 saturated carbocycles. The standard InChI is InChI=1S/C68H108O6/c1-4-7-10-13-16-19-22-25-27-28-29-30-31-32-33-34-35-36-37-38-39-40-42-43-46-49-52-55-58-61-67(70)73-64-65(63-72-66(69)60-57-54-51-48-45-24-21-18-15-12-9-6-3)74-68(71)62-59-56-53-50-47-44-41-26-23-20-17-14-11-8-5-2/h7-8,10-11,16-21,25-27,29-30,32-33,35-36,38-39,41,47,50,65H,4-6,9,12-15,22-24,28,31,34,37,40,42-46,48-49,51-64H2,1-3H3/b10-7-,11-8-,19-16-,20-17-,21-18-,27-25-,30-29-,33-32-,36-35-,39-38-,41-26-,50-47-. The van der Waals surface area contributed by atoms with Gasteiger partial charge < -0.3 is 14.2 Å². The summed E-state index contributed by atoms with van der Waals surface area (Å²) >= 11 is 0. The molecule has 0 aliphatic rings. The number of carbonyl (C=O) groups excluding carboxylic acids is 3. The predicted molar refractivity (Wildman–Crippen MR) is 320 cm³/mol. The fourth-order valence-corrected chi connectivity index (χ4v) is 7.64. The molecule has 0 aliphatic heterocycles. The van der Waals surface area contributed by atoms with Crippen molar-refractivity contribution in [3.05, 3.63) is 146 Å². The van der Waals surface area contributed by atoms with E-state index in [1.807, 2.05) is 0 Å². The van der Waals surface area contributed by atoms with Crippen molar-refractivity contribution in [3.63, 3.8) is 0 Å². The van der Waals surface area contributed by atoms with Gasteiger partial charge >= 0.3 is 17.9 Å². The third kappa shape index (κ3) is 58.2. The molecule has 0 spiro atoms. The van der Waals surface area contributed by atoms with E-state index in [0.717, 1.165) is 141 Å². The number of esters is 3. The van der Waals surface area contributed by atoms with Crippen molar-refractivity contribution < 1.29 is 28.6 Å². The molecule has 0 aromatic carbocycles. The molecule has 416 valence electrons. The molecule has 0 fully saturated rings. The fourth-order valence-electron chi connectivity index (χ4n) is 7.64. The average Bonchev–Trinajstić information content (AvgIpc) is 3.40. The van der Waals surface area contributed by atoms with Crippen LogP contribution in [0.25, 0.3) is 0 Å². The van der Waals surface area contributed by atoms with E-state index in [9.17, 15) is 14.4 Å². The van der Waals surface area contributed by atoms with Gasteiger partial charge in [0.1, 0.15) is 13.2 Å². The molecule has 1 atom stereocenters. The van der Waals surface area contributed by atoms with Crippen LogP contribution < -0.4 is 0 Å². The first-order valence-electron chi connectivity index (χ1n) is 29.8. The minimum absolute atomic E-state index is 0.107. The van der Waals surface area contributed by atoms with Crippen LogP contribution in [-0.2, 0) is 28.6 Å². The largest absolute Gasteiger partial charge is 0.462 e. The molecule has 0 aromatic rings. The quantitative estimate of drug-likeness (QED) is 0.0261. The summed E-state index contributed by atoms with van der Waals surface area (Å²) in [6.45, 7) is 6.32. The van der Waals surface area contributed by atoms with E-state index >= 15 is 0 Å². The molecular formula is C68H108O6. The molecular weight excluding hydrogens is 913 g/mol. The van der Waals surface area contributed by atoms with Crippen molar-refractivity contribution in [1.29, 1.82) is 0 Å². The summed E-state index contributed by atoms with van der Waals surface area (Å²) in [6, 6.07) is 0. The Balaban J connectivity index is 4.37. The van der Waals surface area contributed by atoms with Crippen LogP contribution in [0.15, 0.2) is 146 Å². The number of carbonyl (C=O) groups is 3. The minimum Gasteiger partial charge on any atom is -0.462 e. The molecule has 1 unspecified atom stereocenters. The van der Waals surface area contributed by atoms with Crippen molar-refractivity contribution in [2.24, 2.45) is 0 Å². The molecule has 0 N–H and O–H groups in total. The summed E-state index contributed by atoms with van der Waals surface area (Å²) in [7, 11) is 0. The SMILES string of the molecule is CC/C=C\C/C=C\C/C=C\C/C=C\C/C=C\C/C=C\C/C=C\CCCCCCCCCC(=O)OCC(COC(=O)CCCCCCC/C=C\CCCCC)OC(=O)CCCC/C=C\C/C=C\C/C=C\C/C=C\CC. The van der Waals surface area contributed by atoms with E-state index in [1.54, 1.807) is 0 Å². The lowest BCUT2D eigenvalue weighted by molar-refractivity contribution is -0.167. The number of unbranched alkanes of at least 4 members (excludes halogenated alkanes) is 17. The first kappa shape index (κ1) is 69.3. The molecule has 74 heavy (non-hydrogen) atoms. The van der Waals surface area contributed by atoms with Crippen LogP contribution in [0.3, 0.4) is 0 Å². The highest BCUT2D eigenvalue weighted by molar-refractivity contribution is 5.71. The van der Waals surface area contributed by atoms with Crippen molar-refractivity contribution in [3.8, 4) is 0 Å². The summed E-state index contributed by atoms with van der Waals surface area (Å²) in [5, 5.41) is 0. The van der Waals surface area contributed by atoms with Gasteiger partial charge in [0.25, 0.3) is 0 Å². The Morgan fingerprint density at radius 2 is 0.527 bits per heavy atom. The molecule has 6 nitrogen and oxygen atoms in total. The lowest BCUT2D eigenvalue weighted by Gasteiger charge is -2.18. The molecule has 0 rings (SSSR count). The van der Waals surface area contributed by atoms with Crippen LogP contribution in [0.5, 0.6) is 0 Å². The van der Waals surface area contributed by atoms with Crippen LogP contribution in [0.2, 0.25) is 0 Å². The normalized spacial score (nSPS) is 13.2. The lowest BCUT2D eigenvalue weighted by Crippen LogP contribution is -2.30. The Labute approximate surface area is 455 Å². The lowest BCUT2D eigenvalue weighted by atomic mass is 10.1. The van der Waals surface area contributed by atoms with Crippen LogP contribution in [-0.4, -0.2) is 37.2 Å². The number of hydrogen-bond donors (Lipinski definition) is 0. The topological polar surface area (TPSA) is 78.9 Å². The first-order chi connectivity index (χ1) is 36.5. The highest BCUT2D eigenvalue weighted by Gasteiger charge is 2.19. The highest BCUT2D eigenvalue weighted by atomic mass is 16.6. The van der Waals surface area contributed by atoms with Crippen LogP contribution in [0, 0.1) is 0 Å². The van der Waals surface area contributed by atoms with Gasteiger partial charge in [-0.05, 0) is 141 Å². The second-order valence-electron chi connectivity index (χ2n) is 19.1. The van der Waals surface area contributed by atoms with Gasteiger partial charge in [0.05, 0.1) is 0 Å². The fraction of sp³-hybridized carbons (Fsp3) is 0.603. The summed E-state index contributed by atoms with van der Waals surface area (Å²) in [5.41, 5.74) is 0. The second-order valence-corrected chi connectivity index (χ2v) is 19.1. The Hall–Kier alpha value is -4.71. The monoisotopic (exact) mass is 1020 g/mol. The van der Waals surface area contributed by atoms with Gasteiger partial charge in [-0.1, -0.05) is 231 Å². The van der Waals surface area contributed by atoms with Gasteiger partial charge in [-0.25, -0.2) is 0 Å². The smallest absolute Gasteiger partial charge is 0.306 e. The molecule has 0 radical (unpaired) electrons. The Bertz CT molecular complexity index is 1640. The Kier molecular flexibility index (Phi) is 57.0. The third-order valence-corrected chi connectivity index (χ3v) is 12.1. The Morgan fingerprint density at radius 1 is 0.284 bits per heavy atom. The third-order valence-electron chi connectivity index (χ3n) is 12.1. The first-order valence-corrected chi connectivity index (χ1v) is 29.8. The van der Waals surface area contributed by atoms with Crippen molar-refractivity contribution in [2.75, 3.05) is 13.2 Å². The predicted octanol–water partition coefficient (Wildman–Crippen LogP) is 20.4. The number of ether oxygens (including phenoxy) is 3. The number of allylic oxidation sites excluding steroid dienone is 24. The molecule has 0 aliphatic carbocycles. The molecule has 6 heteroatoms. The van der Waals surface area contributed by atoms with Crippen molar-refractivity contribution in [2.45, 2.75) is 252 Å². The number of rotatable bonds is 52. The van der Waals surface area contributed by atoms with Gasteiger partial charge in [-0.2, -0.15) is 0 Å². The van der Waals surface area contributed by atoms with Crippen LogP contribution in [0.1, 0.15) is 245 Å². The summed E-state index contributed by atoms with van der Waals surface area (Å²) in [5.74, 6) is -0.975. The van der Waals surface area contributed by atoms with E-state index in [2.05, 4.69) is 167 Å². The van der Waals surface area contributed by atoms with E-state index in [-0.39, 0.29) is 37.5 Å². The minimum atomic E-state index is -0.814. The molecule has 0 saturated heterocycles. The maximum atomic E-state index is 12.8. The van der Waals surface area contributed by atoms with Crippen LogP contribution >= 0.6 is 0 Å². The van der Waals surface area contributed by atoms with Crippen molar-refractivity contribution in [1.82, 2.24) is 0 Å². The van der Waals surface area contributed by atoms with E-state index in [0.29, 0.717) is 19.3 Å². The van der Waals surface area contributed by atoms with Gasteiger partial charge in [0.15, 0.2) is 6.10 Å². The van der Waals surface area contributed by atoms with Gasteiger partial charge in [-0.15, -0.1) is 0 Å². The zero-order valence-corrected chi connectivity index (χ0v) is 47.5. The van der Waals surface area contributed by atoms with Gasteiger partial charge in [0, 0.05) is 19.3 Å². The maximum absolute atomic E-state index is 12.8. The summed E-state index contributed by atoms with van der Waals surface area (Å²) in [4.78, 5) is 38.1. The van der Waals surface area contributed by atoms with E-state index in [4.69, 9.17) is 14.2 Å². The molecule has 0 heterocycles. The van der Waals surface area contributed by atoms with Crippen LogP contribution in [0.4, 0.5) is 0 Å². The zero-order chi connectivity index (χ0) is 53.6. The summed E-state index contributed by atoms with van der Waals surface area (Å²) < 4.78 is 16.8. The van der Waals surface area contributed by atoms with Crippen molar-refractivity contribution >= 4 is 17.9 Å².